The number of hydrogen-bond donors (Lipinski definition) is 2. The van der Waals surface area contributed by atoms with Gasteiger partial charge >= 0.3 is 29.6 Å². The Hall–Kier alpha value is -0.550. The number of carbonyl (C=O) groups excluding carboxylic acids is 1. The van der Waals surface area contributed by atoms with Crippen LogP contribution in [0.25, 0.3) is 0 Å². The summed E-state index contributed by atoms with van der Waals surface area (Å²) in [5, 5.41) is 19.2. The van der Waals surface area contributed by atoms with E-state index in [-0.39, 0.29) is 35.1 Å². The van der Waals surface area contributed by atoms with Crippen molar-refractivity contribution in [3.05, 3.63) is 29.8 Å². The van der Waals surface area contributed by atoms with E-state index in [2.05, 4.69) is 0 Å². The third kappa shape index (κ3) is 3.36. The number of nitrogens with two attached hydrogens (primary N) is 1. The SMILES string of the molecule is Nc1ccc([C@@H](O)C(=O)[O-])cc1.[Na+]. The van der Waals surface area contributed by atoms with Crippen molar-refractivity contribution >= 4 is 11.7 Å². The molecule has 1 rings (SSSR count). The summed E-state index contributed by atoms with van der Waals surface area (Å²) in [6.45, 7) is 0. The number of nitrogen functional groups attached to an aromatic ring is 1. The molecule has 64 valence electrons. The van der Waals surface area contributed by atoms with E-state index < -0.39 is 12.1 Å². The molecule has 0 spiro atoms. The summed E-state index contributed by atoms with van der Waals surface area (Å²) >= 11 is 0. The average Bonchev–Trinajstić information content (AvgIpc) is 2.04. The van der Waals surface area contributed by atoms with Gasteiger partial charge in [0.05, 0.1) is 5.97 Å². The normalized spacial score (nSPS) is 11.5. The van der Waals surface area contributed by atoms with Gasteiger partial charge < -0.3 is 20.7 Å². The number of carbonyl (C=O) groups is 1. The van der Waals surface area contributed by atoms with Crippen molar-refractivity contribution in [2.24, 2.45) is 0 Å². The minimum absolute atomic E-state index is 0. The van der Waals surface area contributed by atoms with Gasteiger partial charge in [-0.05, 0) is 17.7 Å². The van der Waals surface area contributed by atoms with E-state index in [1.54, 1.807) is 0 Å². The maximum Gasteiger partial charge on any atom is 1.00 e. The number of carboxylic acids is 1. The van der Waals surface area contributed by atoms with Crippen LogP contribution in [-0.2, 0) is 4.79 Å². The largest absolute Gasteiger partial charge is 1.00 e. The molecule has 0 unspecified atom stereocenters. The van der Waals surface area contributed by atoms with Crippen LogP contribution < -0.4 is 40.4 Å². The number of aliphatic hydroxyl groups is 1. The topological polar surface area (TPSA) is 86.4 Å². The number of benzene rings is 1. The molecule has 0 aliphatic rings. The molecule has 5 heteroatoms. The number of hydrogen-bond acceptors (Lipinski definition) is 4. The van der Waals surface area contributed by atoms with Crippen LogP contribution in [0.4, 0.5) is 5.69 Å². The molecule has 0 aliphatic heterocycles. The van der Waals surface area contributed by atoms with Gasteiger partial charge in [-0.25, -0.2) is 0 Å². The third-order valence-corrected chi connectivity index (χ3v) is 1.48. The average molecular weight is 189 g/mol. The summed E-state index contributed by atoms with van der Waals surface area (Å²) in [4.78, 5) is 10.2. The zero-order valence-corrected chi connectivity index (χ0v) is 9.23. The molecule has 0 saturated carbocycles. The Morgan fingerprint density at radius 2 is 1.85 bits per heavy atom. The Balaban J connectivity index is 0.00000144. The van der Waals surface area contributed by atoms with Crippen molar-refractivity contribution in [1.29, 1.82) is 0 Å². The first kappa shape index (κ1) is 12.4. The fourth-order valence-electron chi connectivity index (χ4n) is 0.814. The van der Waals surface area contributed by atoms with Crippen LogP contribution >= 0.6 is 0 Å². The van der Waals surface area contributed by atoms with Gasteiger partial charge in [-0.2, -0.15) is 0 Å². The van der Waals surface area contributed by atoms with Crippen molar-refractivity contribution < 1.29 is 44.6 Å². The van der Waals surface area contributed by atoms with Gasteiger partial charge in [0, 0.05) is 5.69 Å². The maximum absolute atomic E-state index is 10.2. The van der Waals surface area contributed by atoms with Gasteiger partial charge in [0.2, 0.25) is 0 Å². The van der Waals surface area contributed by atoms with Gasteiger partial charge in [-0.1, -0.05) is 12.1 Å². The van der Waals surface area contributed by atoms with Crippen LogP contribution in [0.5, 0.6) is 0 Å². The molecule has 4 nitrogen and oxygen atoms in total. The van der Waals surface area contributed by atoms with Crippen LogP contribution in [0.1, 0.15) is 11.7 Å². The minimum Gasteiger partial charge on any atom is -0.547 e. The van der Waals surface area contributed by atoms with Crippen LogP contribution in [0.15, 0.2) is 24.3 Å². The predicted molar refractivity (Wildman–Crippen MR) is 40.8 cm³/mol. The van der Waals surface area contributed by atoms with Crippen molar-refractivity contribution in [3.63, 3.8) is 0 Å². The quantitative estimate of drug-likeness (QED) is 0.367. The van der Waals surface area contributed by atoms with E-state index in [4.69, 9.17) is 10.8 Å². The van der Waals surface area contributed by atoms with Crippen LogP contribution in [0.2, 0.25) is 0 Å². The molecule has 0 radical (unpaired) electrons. The van der Waals surface area contributed by atoms with E-state index in [1.165, 1.54) is 24.3 Å². The molecular weight excluding hydrogens is 181 g/mol. The molecule has 0 aliphatic carbocycles. The van der Waals surface area contributed by atoms with Gasteiger partial charge in [0.25, 0.3) is 0 Å². The smallest absolute Gasteiger partial charge is 0.547 e. The van der Waals surface area contributed by atoms with E-state index in [1.807, 2.05) is 0 Å². The third-order valence-electron chi connectivity index (χ3n) is 1.48. The standard InChI is InChI=1S/C8H9NO3.Na/c9-6-3-1-5(2-4-6)7(10)8(11)12;/h1-4,7,10H,9H2,(H,11,12);/q;+1/p-1/t7-;/m1./s1. The molecule has 13 heavy (non-hydrogen) atoms. The monoisotopic (exact) mass is 189 g/mol. The molecule has 0 heterocycles. The summed E-state index contributed by atoms with van der Waals surface area (Å²) < 4.78 is 0. The van der Waals surface area contributed by atoms with E-state index >= 15 is 0 Å². The Kier molecular flexibility index (Phi) is 5.02. The van der Waals surface area contributed by atoms with Gasteiger partial charge in [0.1, 0.15) is 6.10 Å². The molecule has 1 atom stereocenters. The Labute approximate surface area is 97.7 Å². The molecule has 0 saturated heterocycles. The summed E-state index contributed by atoms with van der Waals surface area (Å²) in [7, 11) is 0. The summed E-state index contributed by atoms with van der Waals surface area (Å²) in [6, 6.07) is 5.91. The molecule has 1 aromatic rings. The minimum atomic E-state index is -1.58. The van der Waals surface area contributed by atoms with Crippen molar-refractivity contribution in [1.82, 2.24) is 0 Å². The molecule has 0 fully saturated rings. The first-order valence-corrected chi connectivity index (χ1v) is 3.35. The molecule has 0 bridgehead atoms. The number of aliphatic carboxylic acids is 1. The predicted octanol–water partition coefficient (Wildman–Crippen LogP) is -3.94. The Morgan fingerprint density at radius 1 is 1.38 bits per heavy atom. The Bertz CT molecular complexity index is 286. The van der Waals surface area contributed by atoms with Gasteiger partial charge in [0.15, 0.2) is 0 Å². The first-order valence-electron chi connectivity index (χ1n) is 3.35. The van der Waals surface area contributed by atoms with Crippen LogP contribution in [0, 0.1) is 0 Å². The zero-order chi connectivity index (χ0) is 9.14. The fraction of sp³-hybridized carbons (Fsp3) is 0.125. The fourth-order valence-corrected chi connectivity index (χ4v) is 0.814. The molecule has 0 amide bonds. The first-order chi connectivity index (χ1) is 5.61. The number of rotatable bonds is 2. The molecule has 3 N–H and O–H groups in total. The van der Waals surface area contributed by atoms with Crippen LogP contribution in [0.3, 0.4) is 0 Å². The summed E-state index contributed by atoms with van der Waals surface area (Å²) in [5.41, 5.74) is 6.14. The van der Waals surface area contributed by atoms with E-state index in [0.29, 0.717) is 5.69 Å². The summed E-state index contributed by atoms with van der Waals surface area (Å²) in [6.07, 6.45) is -1.58. The number of anilines is 1. The summed E-state index contributed by atoms with van der Waals surface area (Å²) in [5.74, 6) is -1.51. The van der Waals surface area contributed by atoms with Crippen molar-refractivity contribution in [3.8, 4) is 0 Å². The second-order valence-corrected chi connectivity index (χ2v) is 2.39. The van der Waals surface area contributed by atoms with Crippen LogP contribution in [-0.4, -0.2) is 11.1 Å². The zero-order valence-electron chi connectivity index (χ0n) is 7.23. The second kappa shape index (κ2) is 5.24. The van der Waals surface area contributed by atoms with Crippen molar-refractivity contribution in [2.45, 2.75) is 6.10 Å². The van der Waals surface area contributed by atoms with E-state index in [0.717, 1.165) is 0 Å². The number of carboxylic acid groups (broad SMARTS) is 1. The van der Waals surface area contributed by atoms with E-state index in [9.17, 15) is 9.90 Å². The maximum atomic E-state index is 10.2. The second-order valence-electron chi connectivity index (χ2n) is 2.39. The molecular formula is C8H8NNaO3. The molecule has 1 aromatic carbocycles. The number of aliphatic hydroxyl groups excluding tert-OH is 1. The van der Waals surface area contributed by atoms with Crippen molar-refractivity contribution in [2.75, 3.05) is 5.73 Å². The van der Waals surface area contributed by atoms with Gasteiger partial charge in [-0.3, -0.25) is 0 Å². The van der Waals surface area contributed by atoms with Gasteiger partial charge in [-0.15, -0.1) is 0 Å². The molecule has 0 aromatic heterocycles. The Morgan fingerprint density at radius 3 is 2.23 bits per heavy atom.